The van der Waals surface area contributed by atoms with Crippen molar-refractivity contribution >= 4 is 11.9 Å². The van der Waals surface area contributed by atoms with E-state index in [2.05, 4.69) is 0 Å². The second-order valence-electron chi connectivity index (χ2n) is 4.39. The van der Waals surface area contributed by atoms with Crippen LogP contribution >= 0.6 is 0 Å². The van der Waals surface area contributed by atoms with E-state index < -0.39 is 43.3 Å². The molecule has 1 aliphatic rings. The zero-order chi connectivity index (χ0) is 14.4. The summed E-state index contributed by atoms with van der Waals surface area (Å²) >= 11 is 0. The normalized spacial score (nSPS) is 22.5. The molecule has 7 heteroatoms. The van der Waals surface area contributed by atoms with Gasteiger partial charge in [0.2, 0.25) is 5.91 Å². The van der Waals surface area contributed by atoms with Crippen molar-refractivity contribution < 1.29 is 28.6 Å². The Bertz CT molecular complexity index is 360. The van der Waals surface area contributed by atoms with E-state index in [0.29, 0.717) is 0 Å². The number of amides is 1. The molecule has 0 radical (unpaired) electrons. The molecule has 2 atom stereocenters. The second kappa shape index (κ2) is 7.18. The van der Waals surface area contributed by atoms with Crippen molar-refractivity contribution in [3.05, 3.63) is 12.2 Å². The van der Waals surface area contributed by atoms with E-state index in [9.17, 15) is 18.4 Å². The van der Waals surface area contributed by atoms with Gasteiger partial charge in [-0.3, -0.25) is 9.59 Å². The fourth-order valence-corrected chi connectivity index (χ4v) is 2.17. The number of aliphatic carboxylic acids is 1. The summed E-state index contributed by atoms with van der Waals surface area (Å²) in [4.78, 5) is 24.0. The van der Waals surface area contributed by atoms with Crippen LogP contribution in [-0.2, 0) is 9.59 Å². The van der Waals surface area contributed by atoms with Crippen LogP contribution in [0.1, 0.15) is 12.8 Å². The predicted molar refractivity (Wildman–Crippen MR) is 62.7 cm³/mol. The third-order valence-electron chi connectivity index (χ3n) is 3.11. The minimum atomic E-state index is -2.71. The number of nitrogens with zero attached hydrogens (tertiary/aromatic N) is 1. The highest BCUT2D eigenvalue weighted by Gasteiger charge is 2.36. The lowest BCUT2D eigenvalue weighted by molar-refractivity contribution is -0.151. The number of aliphatic hydroxyl groups excluding tert-OH is 1. The van der Waals surface area contributed by atoms with Crippen molar-refractivity contribution in [1.29, 1.82) is 0 Å². The molecular weight excluding hydrogens is 260 g/mol. The average molecular weight is 277 g/mol. The van der Waals surface area contributed by atoms with Crippen molar-refractivity contribution in [2.45, 2.75) is 19.3 Å². The van der Waals surface area contributed by atoms with Gasteiger partial charge in [-0.2, -0.15) is 0 Å². The lowest BCUT2D eigenvalue weighted by Crippen LogP contribution is -2.44. The molecule has 0 spiro atoms. The summed E-state index contributed by atoms with van der Waals surface area (Å²) in [5, 5.41) is 17.9. The van der Waals surface area contributed by atoms with E-state index >= 15 is 0 Å². The van der Waals surface area contributed by atoms with Crippen LogP contribution in [0.5, 0.6) is 0 Å². The molecule has 0 aromatic heterocycles. The summed E-state index contributed by atoms with van der Waals surface area (Å²) in [7, 11) is 0. The second-order valence-corrected chi connectivity index (χ2v) is 4.39. The van der Waals surface area contributed by atoms with Gasteiger partial charge in [0.15, 0.2) is 0 Å². The number of allylic oxidation sites excluding steroid dienone is 2. The Balaban J connectivity index is 2.81. The van der Waals surface area contributed by atoms with Crippen LogP contribution in [0.3, 0.4) is 0 Å². The van der Waals surface area contributed by atoms with Crippen LogP contribution in [0.2, 0.25) is 0 Å². The van der Waals surface area contributed by atoms with E-state index in [-0.39, 0.29) is 19.4 Å². The monoisotopic (exact) mass is 277 g/mol. The lowest BCUT2D eigenvalue weighted by Gasteiger charge is -2.30. The number of carboxylic acids is 1. The van der Waals surface area contributed by atoms with Crippen molar-refractivity contribution in [3.63, 3.8) is 0 Å². The number of carbonyl (C=O) groups excluding carboxylic acids is 1. The molecule has 5 nitrogen and oxygen atoms in total. The summed E-state index contributed by atoms with van der Waals surface area (Å²) in [6.07, 6.45) is 1.08. The van der Waals surface area contributed by atoms with Crippen molar-refractivity contribution in [3.8, 4) is 0 Å². The van der Waals surface area contributed by atoms with Gasteiger partial charge in [-0.1, -0.05) is 12.2 Å². The number of halogens is 2. The van der Waals surface area contributed by atoms with E-state index in [0.717, 1.165) is 4.90 Å². The molecule has 0 saturated carbocycles. The van der Waals surface area contributed by atoms with Crippen LogP contribution in [0.15, 0.2) is 12.2 Å². The van der Waals surface area contributed by atoms with Crippen molar-refractivity contribution in [2.24, 2.45) is 11.8 Å². The molecule has 0 aromatic carbocycles. The van der Waals surface area contributed by atoms with Crippen LogP contribution < -0.4 is 0 Å². The smallest absolute Gasteiger partial charge is 0.307 e. The Hall–Kier alpha value is -1.50. The zero-order valence-corrected chi connectivity index (χ0v) is 10.3. The summed E-state index contributed by atoms with van der Waals surface area (Å²) in [5.41, 5.74) is 0. The molecule has 0 fully saturated rings. The number of hydrogen-bond acceptors (Lipinski definition) is 3. The van der Waals surface area contributed by atoms with Gasteiger partial charge in [0, 0.05) is 6.54 Å². The fourth-order valence-electron chi connectivity index (χ4n) is 2.17. The molecule has 0 bridgehead atoms. The van der Waals surface area contributed by atoms with Crippen molar-refractivity contribution in [1.82, 2.24) is 4.90 Å². The summed E-state index contributed by atoms with van der Waals surface area (Å²) < 4.78 is 24.8. The quantitative estimate of drug-likeness (QED) is 0.702. The maximum atomic E-state index is 12.4. The number of aliphatic hydroxyl groups is 1. The van der Waals surface area contributed by atoms with Gasteiger partial charge in [0.1, 0.15) is 0 Å². The summed E-state index contributed by atoms with van der Waals surface area (Å²) in [6.45, 7) is -1.43. The summed E-state index contributed by atoms with van der Waals surface area (Å²) in [5.74, 6) is -3.47. The largest absolute Gasteiger partial charge is 0.481 e. The fraction of sp³-hybridized carbons (Fsp3) is 0.667. The van der Waals surface area contributed by atoms with E-state index in [1.54, 1.807) is 12.2 Å². The predicted octanol–water partition coefficient (Wildman–Crippen LogP) is 0.739. The number of carbonyl (C=O) groups is 2. The number of rotatable bonds is 6. The third-order valence-corrected chi connectivity index (χ3v) is 3.11. The Labute approximate surface area is 109 Å². The van der Waals surface area contributed by atoms with Gasteiger partial charge in [-0.15, -0.1) is 0 Å². The molecule has 2 unspecified atom stereocenters. The molecule has 0 heterocycles. The van der Waals surface area contributed by atoms with Crippen molar-refractivity contribution in [2.75, 3.05) is 19.7 Å². The van der Waals surface area contributed by atoms with Crippen LogP contribution in [-0.4, -0.2) is 53.1 Å². The first-order valence-electron chi connectivity index (χ1n) is 6.03. The Morgan fingerprint density at radius 2 is 1.84 bits per heavy atom. The first-order chi connectivity index (χ1) is 8.97. The molecule has 1 amide bonds. The number of carboxylic acid groups (broad SMARTS) is 1. The maximum Gasteiger partial charge on any atom is 0.307 e. The minimum Gasteiger partial charge on any atom is -0.481 e. The summed E-state index contributed by atoms with van der Waals surface area (Å²) in [6, 6.07) is 0. The Morgan fingerprint density at radius 1 is 1.26 bits per heavy atom. The maximum absolute atomic E-state index is 12.4. The van der Waals surface area contributed by atoms with Gasteiger partial charge >= 0.3 is 5.97 Å². The highest BCUT2D eigenvalue weighted by atomic mass is 19.3. The van der Waals surface area contributed by atoms with Crippen LogP contribution in [0.25, 0.3) is 0 Å². The molecule has 0 saturated heterocycles. The van der Waals surface area contributed by atoms with Crippen LogP contribution in [0, 0.1) is 11.8 Å². The van der Waals surface area contributed by atoms with E-state index in [1.165, 1.54) is 0 Å². The zero-order valence-electron chi connectivity index (χ0n) is 10.3. The van der Waals surface area contributed by atoms with Gasteiger partial charge in [0.25, 0.3) is 6.43 Å². The molecular formula is C12H17F2NO4. The number of hydrogen-bond donors (Lipinski definition) is 2. The van der Waals surface area contributed by atoms with E-state index in [4.69, 9.17) is 10.2 Å². The standard InChI is InChI=1S/C12H17F2NO4/c13-10(14)7-15(5-6-16)11(17)8-3-1-2-4-9(8)12(18)19/h1-2,8-10,16H,3-7H2,(H,18,19). The number of alkyl halides is 2. The molecule has 19 heavy (non-hydrogen) atoms. The highest BCUT2D eigenvalue weighted by Crippen LogP contribution is 2.27. The van der Waals surface area contributed by atoms with Gasteiger partial charge in [0.05, 0.1) is 25.0 Å². The first-order valence-corrected chi connectivity index (χ1v) is 6.03. The first kappa shape index (κ1) is 15.6. The molecule has 0 aliphatic heterocycles. The van der Waals surface area contributed by atoms with Gasteiger partial charge in [-0.05, 0) is 12.8 Å². The molecule has 0 aromatic rings. The average Bonchev–Trinajstić information content (AvgIpc) is 2.37. The SMILES string of the molecule is O=C(O)C1CC=CCC1C(=O)N(CCO)CC(F)F. The Morgan fingerprint density at radius 3 is 2.32 bits per heavy atom. The third kappa shape index (κ3) is 4.27. The lowest BCUT2D eigenvalue weighted by atomic mass is 9.82. The van der Waals surface area contributed by atoms with Crippen LogP contribution in [0.4, 0.5) is 8.78 Å². The van der Waals surface area contributed by atoms with E-state index in [1.807, 2.05) is 0 Å². The minimum absolute atomic E-state index is 0.213. The van der Waals surface area contributed by atoms with Gasteiger partial charge in [-0.25, -0.2) is 8.78 Å². The molecule has 1 aliphatic carbocycles. The molecule has 2 N–H and O–H groups in total. The Kier molecular flexibility index (Phi) is 5.88. The topological polar surface area (TPSA) is 77.8 Å². The molecule has 108 valence electrons. The molecule has 1 rings (SSSR count). The highest BCUT2D eigenvalue weighted by molar-refractivity contribution is 5.85. The van der Waals surface area contributed by atoms with Gasteiger partial charge < -0.3 is 15.1 Å².